The molecule has 1 saturated carbocycles. The molecular formula is C30H26FN5O2S. The molecular weight excluding hydrogens is 513 g/mol. The number of ether oxygens (including phenoxy) is 1. The van der Waals surface area contributed by atoms with Crippen LogP contribution in [0.15, 0.2) is 72.9 Å². The van der Waals surface area contributed by atoms with Gasteiger partial charge in [-0.25, -0.2) is 9.07 Å². The van der Waals surface area contributed by atoms with Crippen LogP contribution >= 0.6 is 11.3 Å². The average Bonchev–Trinajstić information content (AvgIpc) is 3.40. The first-order chi connectivity index (χ1) is 18.9. The molecule has 0 spiro atoms. The Morgan fingerprint density at radius 1 is 1.05 bits per heavy atom. The Morgan fingerprint density at radius 2 is 1.82 bits per heavy atom. The number of halogens is 1. The van der Waals surface area contributed by atoms with Crippen molar-refractivity contribution in [2.45, 2.75) is 26.2 Å². The Bertz CT molecular complexity index is 1660. The maximum atomic E-state index is 14.6. The van der Waals surface area contributed by atoms with Gasteiger partial charge in [0, 0.05) is 17.7 Å². The van der Waals surface area contributed by atoms with Crippen molar-refractivity contribution in [1.82, 2.24) is 20.0 Å². The molecule has 0 aliphatic heterocycles. The van der Waals surface area contributed by atoms with E-state index in [1.165, 1.54) is 41.2 Å². The van der Waals surface area contributed by atoms with Gasteiger partial charge in [0.15, 0.2) is 16.6 Å². The summed E-state index contributed by atoms with van der Waals surface area (Å²) in [4.78, 5) is 13.0. The van der Waals surface area contributed by atoms with Gasteiger partial charge in [-0.05, 0) is 62.1 Å². The summed E-state index contributed by atoms with van der Waals surface area (Å²) in [5.74, 6) is -0.251. The molecule has 7 nitrogen and oxygen atoms in total. The lowest BCUT2D eigenvalue weighted by Gasteiger charge is -2.05. The number of para-hydroxylation sites is 1. The van der Waals surface area contributed by atoms with Gasteiger partial charge in [0.05, 0.1) is 18.4 Å². The molecule has 0 bridgehead atoms. The van der Waals surface area contributed by atoms with E-state index in [1.54, 1.807) is 16.8 Å². The van der Waals surface area contributed by atoms with E-state index < -0.39 is 5.82 Å². The minimum Gasteiger partial charge on any atom is -0.494 e. The predicted octanol–water partition coefficient (Wildman–Crippen LogP) is 6.56. The molecule has 1 amide bonds. The van der Waals surface area contributed by atoms with Crippen molar-refractivity contribution in [3.63, 3.8) is 0 Å². The van der Waals surface area contributed by atoms with Crippen LogP contribution < -0.4 is 10.1 Å². The number of amides is 1. The average molecular weight is 540 g/mol. The maximum absolute atomic E-state index is 14.6. The molecule has 2 atom stereocenters. The Morgan fingerprint density at radius 3 is 2.54 bits per heavy atom. The number of methoxy groups -OCH3 is 1. The zero-order chi connectivity index (χ0) is 27.1. The van der Waals surface area contributed by atoms with Gasteiger partial charge in [0.25, 0.3) is 0 Å². The number of hydrogen-bond donors (Lipinski definition) is 1. The van der Waals surface area contributed by atoms with Crippen LogP contribution in [-0.2, 0) is 4.79 Å². The Kier molecular flexibility index (Phi) is 6.44. The number of anilines is 1. The van der Waals surface area contributed by atoms with Gasteiger partial charge < -0.3 is 10.1 Å². The van der Waals surface area contributed by atoms with Crippen molar-refractivity contribution < 1.29 is 13.9 Å². The predicted molar refractivity (Wildman–Crippen MR) is 150 cm³/mol. The van der Waals surface area contributed by atoms with Crippen LogP contribution in [0, 0.1) is 25.6 Å². The van der Waals surface area contributed by atoms with Crippen LogP contribution in [0.5, 0.6) is 5.75 Å². The third kappa shape index (κ3) is 5.05. The second-order valence-electron chi connectivity index (χ2n) is 9.79. The molecule has 3 aromatic carbocycles. The van der Waals surface area contributed by atoms with E-state index in [4.69, 9.17) is 9.84 Å². The highest BCUT2D eigenvalue weighted by Crippen LogP contribution is 2.48. The van der Waals surface area contributed by atoms with Crippen LogP contribution in [0.3, 0.4) is 0 Å². The van der Waals surface area contributed by atoms with E-state index in [0.29, 0.717) is 27.0 Å². The number of aromatic nitrogens is 4. The summed E-state index contributed by atoms with van der Waals surface area (Å²) < 4.78 is 21.4. The highest BCUT2D eigenvalue weighted by molar-refractivity contribution is 7.18. The zero-order valence-corrected chi connectivity index (χ0v) is 22.5. The molecule has 196 valence electrons. The SMILES string of the molecule is COc1ccc(-c2nn(-c3ccccc3)cc2-c2nnc(NC(=O)C3CC3c3cc(C)cc(C)c3)s2)cc1F. The molecule has 0 saturated heterocycles. The minimum absolute atomic E-state index is 0.0562. The molecule has 9 heteroatoms. The van der Waals surface area contributed by atoms with E-state index >= 15 is 0 Å². The summed E-state index contributed by atoms with van der Waals surface area (Å²) in [5.41, 5.74) is 6.26. The number of benzene rings is 3. The topological polar surface area (TPSA) is 81.9 Å². The summed E-state index contributed by atoms with van der Waals surface area (Å²) in [7, 11) is 1.43. The number of carbonyl (C=O) groups excluding carboxylic acids is 1. The van der Waals surface area contributed by atoms with Gasteiger partial charge in [-0.1, -0.05) is 58.9 Å². The van der Waals surface area contributed by atoms with Crippen molar-refractivity contribution in [1.29, 1.82) is 0 Å². The highest BCUT2D eigenvalue weighted by Gasteiger charge is 2.44. The Labute approximate surface area is 229 Å². The van der Waals surface area contributed by atoms with Crippen LogP contribution in [0.25, 0.3) is 27.5 Å². The van der Waals surface area contributed by atoms with Gasteiger partial charge in [0.1, 0.15) is 5.69 Å². The third-order valence-corrected chi connectivity index (χ3v) is 7.72. The molecule has 1 aliphatic rings. The van der Waals surface area contributed by atoms with Crippen molar-refractivity contribution >= 4 is 22.4 Å². The normalized spacial score (nSPS) is 16.2. The zero-order valence-electron chi connectivity index (χ0n) is 21.7. The number of hydrogen-bond acceptors (Lipinski definition) is 6. The Hall–Kier alpha value is -4.37. The standard InChI is InChI=1S/C30H26FN5O2S/c1-17-11-18(2)13-20(12-17)22-15-23(22)28(37)32-30-34-33-29(39-30)24-16-36(21-7-5-4-6-8-21)35-27(24)19-9-10-26(38-3)25(31)14-19/h4-14,16,22-23H,15H2,1-3H3,(H,32,34,37). The molecule has 2 unspecified atom stereocenters. The smallest absolute Gasteiger partial charge is 0.229 e. The first kappa shape index (κ1) is 24.9. The first-order valence-corrected chi connectivity index (χ1v) is 13.4. The Balaban J connectivity index is 1.27. The summed E-state index contributed by atoms with van der Waals surface area (Å²) in [6.45, 7) is 4.15. The summed E-state index contributed by atoms with van der Waals surface area (Å²) in [6, 6.07) is 20.8. The lowest BCUT2D eigenvalue weighted by molar-refractivity contribution is -0.117. The highest BCUT2D eigenvalue weighted by atomic mass is 32.1. The van der Waals surface area contributed by atoms with Gasteiger partial charge in [-0.3, -0.25) is 4.79 Å². The molecule has 6 rings (SSSR count). The van der Waals surface area contributed by atoms with Gasteiger partial charge in [-0.15, -0.1) is 10.2 Å². The van der Waals surface area contributed by atoms with Crippen LogP contribution in [0.2, 0.25) is 0 Å². The van der Waals surface area contributed by atoms with Crippen molar-refractivity contribution in [2.75, 3.05) is 12.4 Å². The number of rotatable bonds is 7. The number of nitrogens with one attached hydrogen (secondary N) is 1. The number of aryl methyl sites for hydroxylation is 2. The van der Waals surface area contributed by atoms with Crippen molar-refractivity contribution in [3.05, 3.63) is 95.4 Å². The summed E-state index contributed by atoms with van der Waals surface area (Å²) >= 11 is 1.26. The van der Waals surface area contributed by atoms with E-state index in [9.17, 15) is 9.18 Å². The van der Waals surface area contributed by atoms with Crippen molar-refractivity contribution in [2.24, 2.45) is 5.92 Å². The lowest BCUT2D eigenvalue weighted by atomic mass is 10.0. The number of nitrogens with zero attached hydrogens (tertiary/aromatic N) is 4. The molecule has 0 radical (unpaired) electrons. The first-order valence-electron chi connectivity index (χ1n) is 12.6. The minimum atomic E-state index is -0.483. The summed E-state index contributed by atoms with van der Waals surface area (Å²) in [6.07, 6.45) is 2.66. The largest absolute Gasteiger partial charge is 0.494 e. The van der Waals surface area contributed by atoms with E-state index in [2.05, 4.69) is 47.6 Å². The van der Waals surface area contributed by atoms with E-state index in [-0.39, 0.29) is 23.5 Å². The second kappa shape index (κ2) is 10.1. The second-order valence-corrected chi connectivity index (χ2v) is 10.8. The van der Waals surface area contributed by atoms with Crippen LogP contribution in [0.4, 0.5) is 9.52 Å². The van der Waals surface area contributed by atoms with Gasteiger partial charge >= 0.3 is 0 Å². The molecule has 1 fully saturated rings. The van der Waals surface area contributed by atoms with Crippen molar-refractivity contribution in [3.8, 4) is 33.3 Å². The van der Waals surface area contributed by atoms with E-state index in [1.807, 2.05) is 36.5 Å². The fraction of sp³-hybridized carbons (Fsp3) is 0.200. The molecule has 1 N–H and O–H groups in total. The fourth-order valence-electron chi connectivity index (χ4n) is 4.93. The number of carbonyl (C=O) groups is 1. The van der Waals surface area contributed by atoms with E-state index in [0.717, 1.165) is 12.1 Å². The molecule has 5 aromatic rings. The molecule has 2 heterocycles. The van der Waals surface area contributed by atoms with Gasteiger partial charge in [-0.2, -0.15) is 5.10 Å². The maximum Gasteiger partial charge on any atom is 0.229 e. The molecule has 1 aliphatic carbocycles. The van der Waals surface area contributed by atoms with Crippen LogP contribution in [0.1, 0.15) is 29.0 Å². The summed E-state index contributed by atoms with van der Waals surface area (Å²) in [5, 5.41) is 17.3. The third-order valence-electron chi connectivity index (χ3n) is 6.85. The van der Waals surface area contributed by atoms with Crippen LogP contribution in [-0.4, -0.2) is 33.0 Å². The fourth-order valence-corrected chi connectivity index (χ4v) is 5.69. The lowest BCUT2D eigenvalue weighted by Crippen LogP contribution is -2.14. The monoisotopic (exact) mass is 539 g/mol. The quantitative estimate of drug-likeness (QED) is 0.253. The van der Waals surface area contributed by atoms with Gasteiger partial charge in [0.2, 0.25) is 11.0 Å². The molecule has 39 heavy (non-hydrogen) atoms. The molecule has 2 aromatic heterocycles.